The predicted molar refractivity (Wildman–Crippen MR) is 84.8 cm³/mol. The van der Waals surface area contributed by atoms with Crippen molar-refractivity contribution in [1.29, 1.82) is 0 Å². The maximum atomic E-state index is 12.0. The Bertz CT molecular complexity index is 732. The van der Waals surface area contributed by atoms with E-state index >= 15 is 0 Å². The van der Waals surface area contributed by atoms with Crippen molar-refractivity contribution in [3.8, 4) is 11.3 Å². The second-order valence-corrected chi connectivity index (χ2v) is 4.88. The van der Waals surface area contributed by atoms with Gasteiger partial charge >= 0.3 is 5.97 Å². The maximum absolute atomic E-state index is 12.0. The second-order valence-electron chi connectivity index (χ2n) is 4.88. The van der Waals surface area contributed by atoms with E-state index in [0.717, 1.165) is 5.56 Å². The van der Waals surface area contributed by atoms with Crippen LogP contribution >= 0.6 is 0 Å². The number of rotatable bonds is 5. The summed E-state index contributed by atoms with van der Waals surface area (Å²) in [4.78, 5) is 34.0. The number of nitrogens with zero attached hydrogens (tertiary/aromatic N) is 1. The minimum atomic E-state index is -0.812. The van der Waals surface area contributed by atoms with Gasteiger partial charge in [0.05, 0.1) is 5.69 Å². The van der Waals surface area contributed by atoms with Crippen LogP contribution in [0.1, 0.15) is 20.3 Å². The fourth-order valence-corrected chi connectivity index (χ4v) is 1.97. The number of carbonyl (C=O) groups excluding carboxylic acids is 2. The molecule has 1 unspecified atom stereocenters. The van der Waals surface area contributed by atoms with Gasteiger partial charge in [-0.3, -0.25) is 14.4 Å². The fraction of sp³-hybridized carbons (Fsp3) is 0.250. The molecule has 1 aromatic heterocycles. The highest BCUT2D eigenvalue weighted by molar-refractivity contribution is 5.95. The van der Waals surface area contributed by atoms with Gasteiger partial charge in [-0.2, -0.15) is 5.10 Å². The first-order valence-electron chi connectivity index (χ1n) is 7.14. The molecule has 120 valence electrons. The van der Waals surface area contributed by atoms with Crippen LogP contribution in [0.5, 0.6) is 0 Å². The summed E-state index contributed by atoms with van der Waals surface area (Å²) < 4.78 is 4.94. The smallest absolute Gasteiger partial charge is 0.303 e. The van der Waals surface area contributed by atoms with Crippen LogP contribution in [-0.4, -0.2) is 28.2 Å². The van der Waals surface area contributed by atoms with Crippen molar-refractivity contribution in [2.75, 3.05) is 5.32 Å². The Morgan fingerprint density at radius 2 is 1.91 bits per heavy atom. The Labute approximate surface area is 132 Å². The highest BCUT2D eigenvalue weighted by Gasteiger charge is 2.19. The second kappa shape index (κ2) is 7.35. The molecule has 0 radical (unpaired) electrons. The molecule has 1 atom stereocenters. The topological polar surface area (TPSA) is 101 Å². The Morgan fingerprint density at radius 1 is 1.22 bits per heavy atom. The molecule has 1 amide bonds. The number of H-pyrrole nitrogens is 1. The summed E-state index contributed by atoms with van der Waals surface area (Å²) in [6.45, 7) is 3.03. The van der Waals surface area contributed by atoms with Crippen molar-refractivity contribution in [2.24, 2.45) is 0 Å². The molecule has 0 fully saturated rings. The van der Waals surface area contributed by atoms with Crippen molar-refractivity contribution in [2.45, 2.75) is 26.4 Å². The number of benzene rings is 1. The summed E-state index contributed by atoms with van der Waals surface area (Å²) in [7, 11) is 0. The van der Waals surface area contributed by atoms with Gasteiger partial charge in [-0.05, 0) is 24.6 Å². The van der Waals surface area contributed by atoms with Gasteiger partial charge in [-0.25, -0.2) is 5.10 Å². The lowest BCUT2D eigenvalue weighted by Gasteiger charge is -2.15. The lowest BCUT2D eigenvalue weighted by atomic mass is 10.1. The third kappa shape index (κ3) is 4.50. The van der Waals surface area contributed by atoms with Gasteiger partial charge in [0.15, 0.2) is 6.10 Å². The van der Waals surface area contributed by atoms with Crippen molar-refractivity contribution >= 4 is 17.6 Å². The normalized spacial score (nSPS) is 11.6. The number of aromatic nitrogens is 2. The Balaban J connectivity index is 2.07. The van der Waals surface area contributed by atoms with Crippen molar-refractivity contribution in [3.63, 3.8) is 0 Å². The highest BCUT2D eigenvalue weighted by Crippen LogP contribution is 2.18. The average Bonchev–Trinajstić information content (AvgIpc) is 2.54. The van der Waals surface area contributed by atoms with E-state index < -0.39 is 12.1 Å². The Kier molecular flexibility index (Phi) is 5.24. The number of hydrogen-bond donors (Lipinski definition) is 2. The van der Waals surface area contributed by atoms with Crippen LogP contribution in [-0.2, 0) is 14.3 Å². The molecule has 23 heavy (non-hydrogen) atoms. The molecule has 0 aliphatic carbocycles. The summed E-state index contributed by atoms with van der Waals surface area (Å²) in [5.41, 5.74) is 1.72. The lowest BCUT2D eigenvalue weighted by molar-refractivity contribution is -0.152. The molecular weight excluding hydrogens is 298 g/mol. The Hall–Kier alpha value is -2.96. The molecule has 7 heteroatoms. The number of nitrogens with one attached hydrogen (secondary N) is 2. The minimum absolute atomic E-state index is 0.270. The largest absolute Gasteiger partial charge is 0.452 e. The molecule has 0 aliphatic heterocycles. The number of ether oxygens (including phenoxy) is 1. The molecule has 2 aromatic rings. The summed E-state index contributed by atoms with van der Waals surface area (Å²) in [6, 6.07) is 9.95. The van der Waals surface area contributed by atoms with Gasteiger partial charge in [0.2, 0.25) is 0 Å². The molecule has 2 N–H and O–H groups in total. The predicted octanol–water partition coefficient (Wildman–Crippen LogP) is 1.72. The number of hydrogen-bond acceptors (Lipinski definition) is 5. The standard InChI is InChI=1S/C16H17N3O4/c1-3-14(23-10(2)20)16(22)17-12-6-4-11(5-7-12)13-8-9-15(21)19-18-13/h4-9,14H,3H2,1-2H3,(H,17,22)(H,19,21). The highest BCUT2D eigenvalue weighted by atomic mass is 16.5. The summed E-state index contributed by atoms with van der Waals surface area (Å²) in [5, 5.41) is 8.98. The van der Waals surface area contributed by atoms with Crippen LogP contribution < -0.4 is 10.9 Å². The van der Waals surface area contributed by atoms with Crippen LogP contribution in [0.25, 0.3) is 11.3 Å². The molecular formula is C16H17N3O4. The SMILES string of the molecule is CCC(OC(C)=O)C(=O)Nc1ccc(-c2ccc(=O)[nH]n2)cc1. The zero-order valence-corrected chi connectivity index (χ0v) is 12.8. The van der Waals surface area contributed by atoms with Crippen molar-refractivity contribution in [1.82, 2.24) is 10.2 Å². The molecule has 1 aromatic carbocycles. The summed E-state index contributed by atoms with van der Waals surface area (Å²) in [6.07, 6.45) is -0.418. The Morgan fingerprint density at radius 3 is 2.43 bits per heavy atom. The van der Waals surface area contributed by atoms with Crippen molar-refractivity contribution < 1.29 is 14.3 Å². The van der Waals surface area contributed by atoms with E-state index in [-0.39, 0.29) is 11.5 Å². The average molecular weight is 315 g/mol. The van der Waals surface area contributed by atoms with E-state index in [4.69, 9.17) is 4.74 Å². The van der Waals surface area contributed by atoms with E-state index in [1.54, 1.807) is 37.3 Å². The van der Waals surface area contributed by atoms with Gasteiger partial charge in [0.1, 0.15) is 0 Å². The van der Waals surface area contributed by atoms with E-state index in [2.05, 4.69) is 15.5 Å². The lowest BCUT2D eigenvalue weighted by Crippen LogP contribution is -2.31. The fourth-order valence-electron chi connectivity index (χ4n) is 1.97. The van der Waals surface area contributed by atoms with E-state index in [1.807, 2.05) is 0 Å². The number of aromatic amines is 1. The van der Waals surface area contributed by atoms with Crippen LogP contribution in [0.2, 0.25) is 0 Å². The van der Waals surface area contributed by atoms with Gasteiger partial charge in [0, 0.05) is 24.2 Å². The van der Waals surface area contributed by atoms with E-state index in [1.165, 1.54) is 13.0 Å². The molecule has 0 bridgehead atoms. The monoisotopic (exact) mass is 315 g/mol. The molecule has 7 nitrogen and oxygen atoms in total. The maximum Gasteiger partial charge on any atom is 0.303 e. The zero-order chi connectivity index (χ0) is 16.8. The summed E-state index contributed by atoms with van der Waals surface area (Å²) >= 11 is 0. The molecule has 0 aliphatic rings. The van der Waals surface area contributed by atoms with Crippen LogP contribution in [0, 0.1) is 0 Å². The van der Waals surface area contributed by atoms with E-state index in [0.29, 0.717) is 17.8 Å². The first-order valence-corrected chi connectivity index (χ1v) is 7.14. The quantitative estimate of drug-likeness (QED) is 0.818. The zero-order valence-electron chi connectivity index (χ0n) is 12.8. The van der Waals surface area contributed by atoms with Crippen LogP contribution in [0.15, 0.2) is 41.2 Å². The van der Waals surface area contributed by atoms with Gasteiger partial charge in [0.25, 0.3) is 11.5 Å². The van der Waals surface area contributed by atoms with Crippen LogP contribution in [0.3, 0.4) is 0 Å². The first kappa shape index (κ1) is 16.4. The summed E-state index contributed by atoms with van der Waals surface area (Å²) in [5.74, 6) is -0.871. The van der Waals surface area contributed by atoms with Gasteiger partial charge < -0.3 is 10.1 Å². The molecule has 0 spiro atoms. The molecule has 2 rings (SSSR count). The van der Waals surface area contributed by atoms with Crippen LogP contribution in [0.4, 0.5) is 5.69 Å². The number of amides is 1. The van der Waals surface area contributed by atoms with Crippen molar-refractivity contribution in [3.05, 3.63) is 46.8 Å². The molecule has 1 heterocycles. The third-order valence-corrected chi connectivity index (χ3v) is 3.10. The van der Waals surface area contributed by atoms with Gasteiger partial charge in [-0.1, -0.05) is 19.1 Å². The molecule has 0 saturated heterocycles. The van der Waals surface area contributed by atoms with E-state index in [9.17, 15) is 14.4 Å². The number of esters is 1. The number of carbonyl (C=O) groups is 2. The minimum Gasteiger partial charge on any atom is -0.452 e. The third-order valence-electron chi connectivity index (χ3n) is 3.10. The van der Waals surface area contributed by atoms with Gasteiger partial charge in [-0.15, -0.1) is 0 Å². The molecule has 0 saturated carbocycles. The first-order chi connectivity index (χ1) is 11.0. The number of anilines is 1.